The van der Waals surface area contributed by atoms with Gasteiger partial charge < -0.3 is 19.4 Å². The van der Waals surface area contributed by atoms with E-state index >= 15 is 0 Å². The third-order valence-corrected chi connectivity index (χ3v) is 7.78. The first-order valence-corrected chi connectivity index (χ1v) is 13.4. The minimum atomic E-state index is -0.127. The second-order valence-electron chi connectivity index (χ2n) is 9.49. The number of hydrogen-bond acceptors (Lipinski definition) is 5. The van der Waals surface area contributed by atoms with Crippen molar-refractivity contribution >= 4 is 34.8 Å². The molecular weight excluding hydrogens is 519 g/mol. The van der Waals surface area contributed by atoms with Crippen molar-refractivity contribution in [2.75, 3.05) is 51.8 Å². The van der Waals surface area contributed by atoms with Crippen molar-refractivity contribution in [3.63, 3.8) is 0 Å². The Morgan fingerprint density at radius 2 is 1.76 bits per heavy atom. The van der Waals surface area contributed by atoms with Gasteiger partial charge in [-0.2, -0.15) is 5.26 Å². The van der Waals surface area contributed by atoms with E-state index < -0.39 is 0 Å². The number of methoxy groups -OCH3 is 1. The number of nitriles is 1. The first kappa shape index (κ1) is 27.8. The van der Waals surface area contributed by atoms with E-state index in [4.69, 9.17) is 27.9 Å². The van der Waals surface area contributed by atoms with Gasteiger partial charge in [0.15, 0.2) is 0 Å². The second-order valence-corrected chi connectivity index (χ2v) is 10.3. The molecule has 1 fully saturated rings. The Labute approximate surface area is 234 Å². The SMILES string of the molecule is COc1cccc(-c2ccc(C(CN3CCCC3)N(C)C(=O)CN(CC#N)c3ccc(Cl)c(Cl)c3)cc2)c1. The van der Waals surface area contributed by atoms with Crippen LogP contribution in [0.25, 0.3) is 11.1 Å². The van der Waals surface area contributed by atoms with E-state index in [0.717, 1.165) is 42.1 Å². The predicted octanol–water partition coefficient (Wildman–Crippen LogP) is 6.29. The molecule has 1 aliphatic heterocycles. The fourth-order valence-corrected chi connectivity index (χ4v) is 5.11. The zero-order valence-corrected chi connectivity index (χ0v) is 23.3. The van der Waals surface area contributed by atoms with Crippen LogP contribution in [0.5, 0.6) is 5.75 Å². The molecule has 198 valence electrons. The molecule has 1 amide bonds. The fourth-order valence-electron chi connectivity index (χ4n) is 4.82. The van der Waals surface area contributed by atoms with Crippen molar-refractivity contribution in [3.8, 4) is 22.9 Å². The third kappa shape index (κ3) is 6.79. The van der Waals surface area contributed by atoms with Crippen molar-refractivity contribution in [2.45, 2.75) is 18.9 Å². The average molecular weight is 552 g/mol. The van der Waals surface area contributed by atoms with E-state index in [1.807, 2.05) is 25.2 Å². The van der Waals surface area contributed by atoms with E-state index in [2.05, 4.69) is 41.3 Å². The molecular formula is C30H32Cl2N4O2. The standard InChI is InChI=1S/C30H32Cl2N4O2/c1-34(30(37)21-36(17-14-33)25-12-13-27(31)28(32)19-25)29(20-35-15-3-4-16-35)23-10-8-22(9-11-23)24-6-5-7-26(18-24)38-2/h5-13,18-19,29H,3-4,15-17,20-21H2,1-2H3. The van der Waals surface area contributed by atoms with Crippen molar-refractivity contribution in [2.24, 2.45) is 0 Å². The quantitative estimate of drug-likeness (QED) is 0.277. The Kier molecular flexibility index (Phi) is 9.52. The Balaban J connectivity index is 1.56. The molecule has 1 unspecified atom stereocenters. The van der Waals surface area contributed by atoms with Crippen LogP contribution >= 0.6 is 23.2 Å². The summed E-state index contributed by atoms with van der Waals surface area (Å²) < 4.78 is 5.38. The molecule has 3 aromatic carbocycles. The maximum atomic E-state index is 13.6. The van der Waals surface area contributed by atoms with Crippen LogP contribution in [0.3, 0.4) is 0 Å². The molecule has 4 rings (SSSR count). The summed E-state index contributed by atoms with van der Waals surface area (Å²) in [7, 11) is 3.51. The first-order chi connectivity index (χ1) is 18.4. The summed E-state index contributed by atoms with van der Waals surface area (Å²) in [6, 6.07) is 23.5. The normalized spacial score (nSPS) is 14.1. The minimum Gasteiger partial charge on any atom is -0.497 e. The van der Waals surface area contributed by atoms with Crippen molar-refractivity contribution < 1.29 is 9.53 Å². The van der Waals surface area contributed by atoms with Crippen molar-refractivity contribution in [1.29, 1.82) is 5.26 Å². The molecule has 8 heteroatoms. The first-order valence-electron chi connectivity index (χ1n) is 12.7. The van der Waals surface area contributed by atoms with Gasteiger partial charge in [-0.05, 0) is 73.0 Å². The number of nitrogens with zero attached hydrogens (tertiary/aromatic N) is 4. The average Bonchev–Trinajstić information content (AvgIpc) is 3.46. The van der Waals surface area contributed by atoms with E-state index in [9.17, 15) is 10.1 Å². The lowest BCUT2D eigenvalue weighted by atomic mass is 9.99. The highest BCUT2D eigenvalue weighted by Gasteiger charge is 2.27. The molecule has 0 N–H and O–H groups in total. The molecule has 1 aliphatic rings. The maximum Gasteiger partial charge on any atom is 0.242 e. The summed E-state index contributed by atoms with van der Waals surface area (Å²) in [5, 5.41) is 10.2. The minimum absolute atomic E-state index is 0.0560. The van der Waals surface area contributed by atoms with Crippen molar-refractivity contribution in [3.05, 3.63) is 82.3 Å². The molecule has 0 spiro atoms. The lowest BCUT2D eigenvalue weighted by molar-refractivity contribution is -0.131. The van der Waals surface area contributed by atoms with Gasteiger partial charge in [-0.15, -0.1) is 0 Å². The molecule has 1 saturated heterocycles. The molecule has 0 saturated carbocycles. The van der Waals surface area contributed by atoms with Gasteiger partial charge in [-0.1, -0.05) is 59.6 Å². The molecule has 3 aromatic rings. The molecule has 1 heterocycles. The molecule has 1 atom stereocenters. The Bertz CT molecular complexity index is 1290. The summed E-state index contributed by atoms with van der Waals surface area (Å²) in [5.74, 6) is 0.736. The van der Waals surface area contributed by atoms with Crippen LogP contribution < -0.4 is 9.64 Å². The number of halogens is 2. The van der Waals surface area contributed by atoms with Gasteiger partial charge in [0.2, 0.25) is 5.91 Å². The van der Waals surface area contributed by atoms with E-state index in [1.54, 1.807) is 35.1 Å². The Morgan fingerprint density at radius 1 is 1.03 bits per heavy atom. The molecule has 6 nitrogen and oxygen atoms in total. The van der Waals surface area contributed by atoms with Crippen molar-refractivity contribution in [1.82, 2.24) is 9.80 Å². The summed E-state index contributed by atoms with van der Waals surface area (Å²) in [5.41, 5.74) is 3.91. The van der Waals surface area contributed by atoms with Crippen LogP contribution in [0.2, 0.25) is 10.0 Å². The van der Waals surface area contributed by atoms with Crippen LogP contribution in [0.4, 0.5) is 5.69 Å². The highest BCUT2D eigenvalue weighted by molar-refractivity contribution is 6.42. The summed E-state index contributed by atoms with van der Waals surface area (Å²) in [4.78, 5) is 19.5. The topological polar surface area (TPSA) is 59.8 Å². The number of carbonyl (C=O) groups excluding carboxylic acids is 1. The monoisotopic (exact) mass is 550 g/mol. The van der Waals surface area contributed by atoms with Gasteiger partial charge in [-0.3, -0.25) is 4.79 Å². The lowest BCUT2D eigenvalue weighted by Gasteiger charge is -2.34. The number of likely N-dealkylation sites (N-methyl/N-ethyl adjacent to an activating group) is 1. The van der Waals surface area contributed by atoms with E-state index in [1.165, 1.54) is 12.8 Å². The molecule has 0 aliphatic carbocycles. The van der Waals surface area contributed by atoms with Gasteiger partial charge in [0.1, 0.15) is 12.3 Å². The predicted molar refractivity (Wildman–Crippen MR) is 154 cm³/mol. The summed E-state index contributed by atoms with van der Waals surface area (Å²) in [6.45, 7) is 2.93. The Morgan fingerprint density at radius 3 is 2.42 bits per heavy atom. The number of rotatable bonds is 10. The summed E-state index contributed by atoms with van der Waals surface area (Å²) in [6.07, 6.45) is 2.35. The molecule has 0 radical (unpaired) electrons. The smallest absolute Gasteiger partial charge is 0.242 e. The largest absolute Gasteiger partial charge is 0.497 e. The maximum absolute atomic E-state index is 13.6. The number of anilines is 1. The van der Waals surface area contributed by atoms with Gasteiger partial charge in [0.05, 0.1) is 35.8 Å². The van der Waals surface area contributed by atoms with Gasteiger partial charge in [-0.25, -0.2) is 0 Å². The van der Waals surface area contributed by atoms with Crippen LogP contribution in [-0.4, -0.2) is 62.6 Å². The zero-order valence-electron chi connectivity index (χ0n) is 21.7. The number of benzene rings is 3. The number of likely N-dealkylation sites (tertiary alicyclic amines) is 1. The number of amides is 1. The second kappa shape index (κ2) is 13.0. The highest BCUT2D eigenvalue weighted by atomic mass is 35.5. The summed E-state index contributed by atoms with van der Waals surface area (Å²) >= 11 is 12.3. The Hall–Kier alpha value is -3.24. The van der Waals surface area contributed by atoms with Gasteiger partial charge in [0.25, 0.3) is 0 Å². The van der Waals surface area contributed by atoms with Crippen LogP contribution in [0.1, 0.15) is 24.4 Å². The molecule has 0 bridgehead atoms. The van der Waals surface area contributed by atoms with Crippen LogP contribution in [-0.2, 0) is 4.79 Å². The molecule has 38 heavy (non-hydrogen) atoms. The van der Waals surface area contributed by atoms with Crippen LogP contribution in [0, 0.1) is 11.3 Å². The number of ether oxygens (including phenoxy) is 1. The van der Waals surface area contributed by atoms with E-state index in [0.29, 0.717) is 15.7 Å². The van der Waals surface area contributed by atoms with Gasteiger partial charge >= 0.3 is 0 Å². The fraction of sp³-hybridized carbons (Fsp3) is 0.333. The third-order valence-electron chi connectivity index (χ3n) is 7.05. The van der Waals surface area contributed by atoms with Gasteiger partial charge in [0, 0.05) is 19.3 Å². The number of carbonyl (C=O) groups is 1. The zero-order chi connectivity index (χ0) is 27.1. The highest BCUT2D eigenvalue weighted by Crippen LogP contribution is 2.30. The number of hydrogen-bond donors (Lipinski definition) is 0. The van der Waals surface area contributed by atoms with E-state index in [-0.39, 0.29) is 25.0 Å². The lowest BCUT2D eigenvalue weighted by Crippen LogP contribution is -2.43. The van der Waals surface area contributed by atoms with Crippen LogP contribution in [0.15, 0.2) is 66.7 Å². The molecule has 0 aromatic heterocycles.